The summed E-state index contributed by atoms with van der Waals surface area (Å²) in [7, 11) is 0. The molecule has 3 aromatic rings. The van der Waals surface area contributed by atoms with Crippen LogP contribution in [0.2, 0.25) is 0 Å². The molecule has 1 aromatic heterocycles. The summed E-state index contributed by atoms with van der Waals surface area (Å²) in [5, 5.41) is 0.804. The van der Waals surface area contributed by atoms with E-state index in [1.54, 1.807) is 29.2 Å². The lowest BCUT2D eigenvalue weighted by molar-refractivity contribution is -0.133. The number of rotatable bonds is 6. The first-order valence-corrected chi connectivity index (χ1v) is 8.56. The standard InChI is InChI=1S/C21H21NO4/c1-3-22(13-17-7-5-4-6-15(17)2)20(23)14-25-18-10-8-16-9-11-21(24)26-19(16)12-18/h4-12H,3,13-14H2,1-2H3. The molecule has 1 heterocycles. The fraction of sp³-hybridized carbons (Fsp3) is 0.238. The third kappa shape index (κ3) is 4.11. The smallest absolute Gasteiger partial charge is 0.336 e. The molecule has 0 N–H and O–H groups in total. The molecule has 134 valence electrons. The number of fused-ring (bicyclic) bond motifs is 1. The molecule has 2 aromatic carbocycles. The zero-order valence-corrected chi connectivity index (χ0v) is 14.9. The van der Waals surface area contributed by atoms with Crippen molar-refractivity contribution < 1.29 is 13.9 Å². The number of hydrogen-bond acceptors (Lipinski definition) is 4. The molecule has 0 bridgehead atoms. The van der Waals surface area contributed by atoms with Gasteiger partial charge < -0.3 is 14.1 Å². The van der Waals surface area contributed by atoms with Crippen LogP contribution in [0.1, 0.15) is 18.1 Å². The predicted molar refractivity (Wildman–Crippen MR) is 100 cm³/mol. The Bertz CT molecular complexity index is 977. The van der Waals surface area contributed by atoms with Gasteiger partial charge in [-0.25, -0.2) is 4.79 Å². The van der Waals surface area contributed by atoms with E-state index in [0.717, 1.165) is 16.5 Å². The molecule has 1 amide bonds. The molecule has 0 spiro atoms. The van der Waals surface area contributed by atoms with Gasteiger partial charge in [-0.3, -0.25) is 4.79 Å². The molecule has 5 heteroatoms. The first kappa shape index (κ1) is 17.7. The van der Waals surface area contributed by atoms with Crippen molar-refractivity contribution in [2.45, 2.75) is 20.4 Å². The van der Waals surface area contributed by atoms with Crippen LogP contribution >= 0.6 is 0 Å². The highest BCUT2D eigenvalue weighted by Crippen LogP contribution is 2.19. The van der Waals surface area contributed by atoms with Gasteiger partial charge in [0.05, 0.1) is 0 Å². The Balaban J connectivity index is 1.67. The Kier molecular flexibility index (Phi) is 5.37. The van der Waals surface area contributed by atoms with Crippen LogP contribution in [0.3, 0.4) is 0 Å². The maximum atomic E-state index is 12.5. The van der Waals surface area contributed by atoms with Gasteiger partial charge in [0.15, 0.2) is 6.61 Å². The Morgan fingerprint density at radius 1 is 1.12 bits per heavy atom. The largest absolute Gasteiger partial charge is 0.484 e. The Morgan fingerprint density at radius 3 is 2.65 bits per heavy atom. The third-order valence-electron chi connectivity index (χ3n) is 4.31. The summed E-state index contributed by atoms with van der Waals surface area (Å²) in [5.74, 6) is 0.400. The van der Waals surface area contributed by atoms with Gasteiger partial charge in [0.2, 0.25) is 0 Å². The highest BCUT2D eigenvalue weighted by molar-refractivity contribution is 5.79. The Labute approximate surface area is 151 Å². The molecular formula is C21H21NO4. The van der Waals surface area contributed by atoms with E-state index in [2.05, 4.69) is 0 Å². The predicted octanol–water partition coefficient (Wildman–Crippen LogP) is 3.53. The van der Waals surface area contributed by atoms with Crippen molar-refractivity contribution in [2.24, 2.45) is 0 Å². The SMILES string of the molecule is CCN(Cc1ccccc1C)C(=O)COc1ccc2ccc(=O)oc2c1. The second-order valence-corrected chi connectivity index (χ2v) is 6.08. The quantitative estimate of drug-likeness (QED) is 0.638. The van der Waals surface area contributed by atoms with Gasteiger partial charge in [-0.05, 0) is 43.2 Å². The molecule has 0 radical (unpaired) electrons. The van der Waals surface area contributed by atoms with E-state index in [0.29, 0.717) is 24.4 Å². The molecule has 0 unspecified atom stereocenters. The second-order valence-electron chi connectivity index (χ2n) is 6.08. The minimum absolute atomic E-state index is 0.0672. The molecule has 0 aliphatic carbocycles. The minimum atomic E-state index is -0.416. The number of aryl methyl sites for hydroxylation is 1. The topological polar surface area (TPSA) is 59.8 Å². The van der Waals surface area contributed by atoms with E-state index in [9.17, 15) is 9.59 Å². The normalized spacial score (nSPS) is 10.7. The summed E-state index contributed by atoms with van der Waals surface area (Å²) >= 11 is 0. The molecule has 26 heavy (non-hydrogen) atoms. The highest BCUT2D eigenvalue weighted by Gasteiger charge is 2.14. The van der Waals surface area contributed by atoms with E-state index in [1.807, 2.05) is 38.1 Å². The zero-order chi connectivity index (χ0) is 18.5. The number of carbonyl (C=O) groups is 1. The lowest BCUT2D eigenvalue weighted by Gasteiger charge is -2.22. The van der Waals surface area contributed by atoms with Crippen LogP contribution in [-0.2, 0) is 11.3 Å². The van der Waals surface area contributed by atoms with Crippen LogP contribution < -0.4 is 10.4 Å². The summed E-state index contributed by atoms with van der Waals surface area (Å²) in [5.41, 5.74) is 2.30. The summed E-state index contributed by atoms with van der Waals surface area (Å²) in [6.45, 7) is 5.07. The lowest BCUT2D eigenvalue weighted by atomic mass is 10.1. The number of benzene rings is 2. The fourth-order valence-corrected chi connectivity index (χ4v) is 2.74. The van der Waals surface area contributed by atoms with Crippen molar-refractivity contribution in [1.82, 2.24) is 4.90 Å². The van der Waals surface area contributed by atoms with E-state index < -0.39 is 5.63 Å². The van der Waals surface area contributed by atoms with Gasteiger partial charge in [0.25, 0.3) is 5.91 Å². The third-order valence-corrected chi connectivity index (χ3v) is 4.31. The lowest BCUT2D eigenvalue weighted by Crippen LogP contribution is -2.34. The van der Waals surface area contributed by atoms with Crippen molar-refractivity contribution in [3.63, 3.8) is 0 Å². The summed E-state index contributed by atoms with van der Waals surface area (Å²) in [6, 6.07) is 16.3. The molecule has 0 fully saturated rings. The Hall–Kier alpha value is -3.08. The molecular weight excluding hydrogens is 330 g/mol. The maximum Gasteiger partial charge on any atom is 0.336 e. The molecule has 0 saturated heterocycles. The fourth-order valence-electron chi connectivity index (χ4n) is 2.74. The van der Waals surface area contributed by atoms with Crippen molar-refractivity contribution in [3.8, 4) is 5.75 Å². The second kappa shape index (κ2) is 7.87. The van der Waals surface area contributed by atoms with Crippen molar-refractivity contribution in [3.05, 3.63) is 76.1 Å². The summed E-state index contributed by atoms with van der Waals surface area (Å²) in [4.78, 5) is 25.6. The number of carbonyl (C=O) groups excluding carboxylic acids is 1. The van der Waals surface area contributed by atoms with Crippen LogP contribution in [0.4, 0.5) is 0 Å². The van der Waals surface area contributed by atoms with E-state index in [4.69, 9.17) is 9.15 Å². The number of amides is 1. The van der Waals surface area contributed by atoms with E-state index >= 15 is 0 Å². The van der Waals surface area contributed by atoms with Crippen molar-refractivity contribution >= 4 is 16.9 Å². The number of nitrogens with zero attached hydrogens (tertiary/aromatic N) is 1. The number of likely N-dealkylation sites (N-methyl/N-ethyl adjacent to an activating group) is 1. The van der Waals surface area contributed by atoms with Crippen molar-refractivity contribution in [1.29, 1.82) is 0 Å². The molecule has 0 atom stereocenters. The van der Waals surface area contributed by atoms with Gasteiger partial charge in [-0.15, -0.1) is 0 Å². The molecule has 0 saturated carbocycles. The zero-order valence-electron chi connectivity index (χ0n) is 14.9. The highest BCUT2D eigenvalue weighted by atomic mass is 16.5. The number of hydrogen-bond donors (Lipinski definition) is 0. The van der Waals surface area contributed by atoms with Crippen LogP contribution in [0.5, 0.6) is 5.75 Å². The van der Waals surface area contributed by atoms with Crippen LogP contribution in [0, 0.1) is 6.92 Å². The van der Waals surface area contributed by atoms with Gasteiger partial charge in [0, 0.05) is 30.6 Å². The van der Waals surface area contributed by atoms with Crippen LogP contribution in [-0.4, -0.2) is 24.0 Å². The van der Waals surface area contributed by atoms with Gasteiger partial charge >= 0.3 is 5.63 Å². The number of ether oxygens (including phenoxy) is 1. The molecule has 3 rings (SSSR count). The average Bonchev–Trinajstić information content (AvgIpc) is 2.65. The van der Waals surface area contributed by atoms with E-state index in [-0.39, 0.29) is 12.5 Å². The first-order chi connectivity index (χ1) is 12.6. The summed E-state index contributed by atoms with van der Waals surface area (Å²) < 4.78 is 10.8. The molecule has 0 aliphatic rings. The maximum absolute atomic E-state index is 12.5. The average molecular weight is 351 g/mol. The molecule has 5 nitrogen and oxygen atoms in total. The van der Waals surface area contributed by atoms with E-state index in [1.165, 1.54) is 6.07 Å². The van der Waals surface area contributed by atoms with Gasteiger partial charge in [0.1, 0.15) is 11.3 Å². The Morgan fingerprint density at radius 2 is 1.88 bits per heavy atom. The van der Waals surface area contributed by atoms with Gasteiger partial charge in [-0.1, -0.05) is 24.3 Å². The minimum Gasteiger partial charge on any atom is -0.484 e. The monoisotopic (exact) mass is 351 g/mol. The first-order valence-electron chi connectivity index (χ1n) is 8.56. The molecule has 0 aliphatic heterocycles. The van der Waals surface area contributed by atoms with Crippen LogP contribution in [0.25, 0.3) is 11.0 Å². The van der Waals surface area contributed by atoms with Crippen molar-refractivity contribution in [2.75, 3.05) is 13.2 Å². The van der Waals surface area contributed by atoms with Gasteiger partial charge in [-0.2, -0.15) is 0 Å². The van der Waals surface area contributed by atoms with Crippen LogP contribution in [0.15, 0.2) is 63.8 Å². The summed E-state index contributed by atoms with van der Waals surface area (Å²) in [6.07, 6.45) is 0.